The summed E-state index contributed by atoms with van der Waals surface area (Å²) in [6, 6.07) is 11.3. The highest BCUT2D eigenvalue weighted by atomic mass is 32.2. The van der Waals surface area contributed by atoms with E-state index in [2.05, 4.69) is 119 Å². The zero-order chi connectivity index (χ0) is 107. The molecular weight excluding hydrogens is 1960 g/mol. The van der Waals surface area contributed by atoms with Crippen LogP contribution in [-0.4, -0.2) is 357 Å². The van der Waals surface area contributed by atoms with Gasteiger partial charge in [0.2, 0.25) is 29.5 Å². The Morgan fingerprint density at radius 3 is 1.04 bits per heavy atom. The van der Waals surface area contributed by atoms with Crippen LogP contribution < -0.4 is 58.5 Å². The lowest BCUT2D eigenvalue weighted by molar-refractivity contribution is -0.153. The summed E-state index contributed by atoms with van der Waals surface area (Å²) in [5, 5.41) is 125. The first-order valence-electron chi connectivity index (χ1n) is 50.9. The number of aryl methyl sites for hydroxylation is 10. The van der Waals surface area contributed by atoms with Gasteiger partial charge >= 0.3 is 53.8 Å². The summed E-state index contributed by atoms with van der Waals surface area (Å²) >= 11 is 0. The number of carbonyl (C=O) groups is 12. The standard InChI is InChI=1S/C26H37N7O5.C26H34N6O6.2C23H35N5O7S/c1-18-8-14-29-33(18)15-9-21(34)31-22(24(35)36)26(38)10-16-32(17-11-26)25(37)28-13-3-5-20-7-6-19-4-2-12-27-23(19)30-20;33-19(6-2-1-5-18-10-9-16-4-3-13-27-21(16)28-18)32-14-11-26(37,12-15-32)20(25(35)36)29-22(34)24-31-30-23(38-24)17-7-8-17;2*1-36(34,35)15-8-18(29)27-19(21(30)31)23(33)9-13-28(14-10-23)22(32)25-12-3-5-17-7-6-16-4-2-11-24-20(16)26-17/h6-8,14,22,38H,2-5,9-13,15-17H2,1H3,(H,27,30)(H,28,37)(H,31,34)(H,35,36);9-10,17,20,37H,1-8,11-15H2,(H,27,28)(H,29,34)(H,35,36);2*6-7,19,33H,2-5,8-15H2,1H3,(H,24,26)(H,25,32)(H,27,29)(H,30,31). The number of aliphatic hydroxyl groups is 4. The summed E-state index contributed by atoms with van der Waals surface area (Å²) < 4.78 is 52.0. The van der Waals surface area contributed by atoms with Crippen LogP contribution in [0.1, 0.15) is 221 Å². The molecule has 810 valence electrons. The third-order valence-corrected chi connectivity index (χ3v) is 29.9. The molecule has 0 bridgehead atoms. The topological polar surface area (TPSA) is 689 Å². The molecule has 4 unspecified atom stereocenters. The van der Waals surface area contributed by atoms with Gasteiger partial charge in [-0.1, -0.05) is 24.3 Å². The number of sulfone groups is 2. The van der Waals surface area contributed by atoms with Gasteiger partial charge in [0.15, 0.2) is 24.2 Å². The van der Waals surface area contributed by atoms with Gasteiger partial charge in [0.25, 0.3) is 0 Å². The number of unbranched alkanes of at least 4 members (excludes halogenated alkanes) is 1. The van der Waals surface area contributed by atoms with Crippen molar-refractivity contribution in [2.24, 2.45) is 0 Å². The molecule has 0 aromatic carbocycles. The van der Waals surface area contributed by atoms with Crippen molar-refractivity contribution >= 4 is 114 Å². The van der Waals surface area contributed by atoms with Crippen LogP contribution in [0.2, 0.25) is 0 Å². The van der Waals surface area contributed by atoms with Crippen molar-refractivity contribution in [2.75, 3.05) is 143 Å². The number of anilines is 4. The second-order valence-corrected chi connectivity index (χ2v) is 44.0. The predicted molar refractivity (Wildman–Crippen MR) is 539 cm³/mol. The normalized spacial score (nSPS) is 18.0. The molecule has 19 N–H and O–H groups in total. The van der Waals surface area contributed by atoms with Gasteiger partial charge in [0, 0.05) is 183 Å². The van der Waals surface area contributed by atoms with E-state index in [1.54, 1.807) is 20.7 Å². The van der Waals surface area contributed by atoms with E-state index in [-0.39, 0.29) is 146 Å². The first-order valence-corrected chi connectivity index (χ1v) is 55.1. The largest absolute Gasteiger partial charge is 0.480 e. The highest BCUT2D eigenvalue weighted by molar-refractivity contribution is 7.90. The predicted octanol–water partition coefficient (Wildman–Crippen LogP) is 2.55. The van der Waals surface area contributed by atoms with Crippen molar-refractivity contribution in [3.05, 3.63) is 123 Å². The number of urea groups is 3. The number of likely N-dealkylation sites (tertiary alicyclic amines) is 4. The van der Waals surface area contributed by atoms with Crippen LogP contribution in [0.5, 0.6) is 0 Å². The fourth-order valence-electron chi connectivity index (χ4n) is 18.9. The Bertz CT molecular complexity index is 5700. The van der Waals surface area contributed by atoms with Gasteiger partial charge in [0.05, 0.1) is 33.9 Å². The molecule has 4 atom stereocenters. The minimum Gasteiger partial charge on any atom is -0.480 e. The zero-order valence-corrected chi connectivity index (χ0v) is 85.6. The van der Waals surface area contributed by atoms with Crippen LogP contribution in [0.3, 0.4) is 0 Å². The summed E-state index contributed by atoms with van der Waals surface area (Å²) in [4.78, 5) is 172. The minimum atomic E-state index is -3.39. The smallest absolute Gasteiger partial charge is 0.329 e. The molecule has 1 aliphatic carbocycles. The fourth-order valence-corrected chi connectivity index (χ4v) is 20.0. The molecule has 9 aliphatic rings. The number of nitrogens with one attached hydrogen (secondary N) is 11. The van der Waals surface area contributed by atoms with Crippen LogP contribution >= 0.6 is 0 Å². The van der Waals surface area contributed by atoms with Gasteiger partial charge in [-0.2, -0.15) is 5.10 Å². The molecule has 5 fully saturated rings. The van der Waals surface area contributed by atoms with Crippen LogP contribution in [0.4, 0.5) is 37.7 Å². The lowest BCUT2D eigenvalue weighted by Crippen LogP contribution is -2.62. The van der Waals surface area contributed by atoms with E-state index >= 15 is 0 Å². The van der Waals surface area contributed by atoms with E-state index in [0.717, 1.165) is 180 Å². The molecule has 1 saturated carbocycles. The third-order valence-electron chi connectivity index (χ3n) is 28.0. The third kappa shape index (κ3) is 33.7. The molecule has 0 radical (unpaired) electrons. The van der Waals surface area contributed by atoms with Gasteiger partial charge in [-0.05, 0) is 233 Å². The molecule has 8 aliphatic heterocycles. The number of amides is 11. The van der Waals surface area contributed by atoms with Crippen molar-refractivity contribution in [1.29, 1.82) is 0 Å². The number of aliphatic carboxylic acids is 4. The molecule has 0 spiro atoms. The fraction of sp³-hybridized carbons (Fsp3) is 0.622. The van der Waals surface area contributed by atoms with E-state index in [4.69, 9.17) is 9.40 Å². The Morgan fingerprint density at radius 2 is 0.730 bits per heavy atom. The van der Waals surface area contributed by atoms with Crippen molar-refractivity contribution in [3.8, 4) is 0 Å². The molecule has 6 aromatic rings. The maximum absolute atomic E-state index is 12.7. The number of nitrogens with zero attached hydrogens (tertiary/aromatic N) is 12. The maximum Gasteiger partial charge on any atom is 0.329 e. The van der Waals surface area contributed by atoms with Crippen LogP contribution in [0, 0.1) is 6.92 Å². The van der Waals surface area contributed by atoms with E-state index in [1.165, 1.54) is 32.1 Å². The number of rotatable bonds is 40. The number of piperidine rings is 4. The van der Waals surface area contributed by atoms with E-state index in [0.29, 0.717) is 70.6 Å². The van der Waals surface area contributed by atoms with E-state index < -0.39 is 138 Å². The molecule has 6 aromatic heterocycles. The molecule has 15 rings (SSSR count). The number of carboxylic acid groups (broad SMARTS) is 4. The zero-order valence-electron chi connectivity index (χ0n) is 84.0. The summed E-state index contributed by atoms with van der Waals surface area (Å²) in [5.41, 5.74) is 2.89. The molecule has 50 heteroatoms. The molecular formula is C98H141N23O25S2. The Hall–Kier alpha value is -13.1. The Labute approximate surface area is 858 Å². The number of pyridine rings is 4. The number of fused-ring (bicyclic) bond motifs is 4. The summed E-state index contributed by atoms with van der Waals surface area (Å²) in [7, 11) is -6.78. The summed E-state index contributed by atoms with van der Waals surface area (Å²) in [6.07, 6.45) is 20.3. The van der Waals surface area contributed by atoms with Crippen molar-refractivity contribution in [3.63, 3.8) is 0 Å². The van der Waals surface area contributed by atoms with Gasteiger partial charge in [-0.15, -0.1) is 10.2 Å². The summed E-state index contributed by atoms with van der Waals surface area (Å²) in [6.45, 7) is 8.52. The Kier molecular flexibility index (Phi) is 40.5. The SMILES string of the molecule is CS(=O)(=O)CCC(=O)NC(C(=O)O)C1(O)CCN(C(=O)NCCCc2ccc3c(n2)NCCC3)CC1.CS(=O)(=O)CCC(=O)NC(C(=O)O)C1(O)CCN(C(=O)NCCCc2ccc3c(n2)NCCC3)CC1.Cc1ccnn1CCC(=O)NC(C(=O)O)C1(O)CCN(C(=O)NCCCc2ccc3c(n2)NCCC3)CC1.O=C(NC(C(=O)O)C1(O)CCN(C(=O)CCCCc2ccc3c(n2)NCCC3)CC1)c1nnc(C2CC2)o1. The van der Waals surface area contributed by atoms with E-state index in [1.807, 2.05) is 31.2 Å². The minimum absolute atomic E-state index is 0.0264. The molecule has 48 nitrogen and oxygen atoms in total. The van der Waals surface area contributed by atoms with Gasteiger partial charge in [-0.25, -0.2) is 70.3 Å². The number of aromatic nitrogens is 8. The van der Waals surface area contributed by atoms with Crippen molar-refractivity contribution in [2.45, 2.75) is 265 Å². The lowest BCUT2D eigenvalue weighted by atomic mass is 9.84. The van der Waals surface area contributed by atoms with Crippen LogP contribution in [0.15, 0.2) is 65.2 Å². The number of carboxylic acids is 4. The van der Waals surface area contributed by atoms with Crippen LogP contribution in [-0.2, 0) is 116 Å². The van der Waals surface area contributed by atoms with E-state index in [9.17, 15) is 115 Å². The molecule has 11 amide bonds. The second-order valence-electron chi connectivity index (χ2n) is 39.5. The lowest BCUT2D eigenvalue weighted by Gasteiger charge is -2.41. The Balaban J connectivity index is 0.000000175. The Morgan fingerprint density at radius 1 is 0.412 bits per heavy atom. The van der Waals surface area contributed by atoms with Gasteiger partial charge < -0.3 is 123 Å². The van der Waals surface area contributed by atoms with Crippen molar-refractivity contribution in [1.82, 2.24) is 96.7 Å². The average Bonchev–Trinajstić information content (AvgIpc) is 1.11. The first kappa shape index (κ1) is 114. The molecule has 14 heterocycles. The number of carbonyl (C=O) groups excluding carboxylic acids is 8. The molecule has 148 heavy (non-hydrogen) atoms. The maximum atomic E-state index is 12.7. The monoisotopic (exact) mass is 2100 g/mol. The average molecular weight is 2110 g/mol. The second kappa shape index (κ2) is 52.7. The molecule has 4 saturated heterocycles. The van der Waals surface area contributed by atoms with Gasteiger partial charge in [0.1, 0.15) is 42.9 Å². The van der Waals surface area contributed by atoms with Gasteiger partial charge in [-0.3, -0.25) is 28.7 Å². The number of hydrogen-bond acceptors (Lipinski definition) is 32. The quantitative estimate of drug-likeness (QED) is 0.0246. The highest BCUT2D eigenvalue weighted by Gasteiger charge is 2.51. The summed E-state index contributed by atoms with van der Waals surface area (Å²) in [5.74, 6) is -5.24. The van der Waals surface area contributed by atoms with Crippen molar-refractivity contribution < 1.29 is 120 Å². The van der Waals surface area contributed by atoms with Crippen LogP contribution in [0.25, 0.3) is 0 Å². The highest BCUT2D eigenvalue weighted by Crippen LogP contribution is 2.40. The first-order chi connectivity index (χ1) is 70.5. The number of hydrogen-bond donors (Lipinski definition) is 19.